The summed E-state index contributed by atoms with van der Waals surface area (Å²) in [5.74, 6) is 3.53. The van der Waals surface area contributed by atoms with Crippen LogP contribution in [0.5, 0.6) is 0 Å². The zero-order chi connectivity index (χ0) is 23.6. The number of aliphatic hydroxyl groups excluding tert-OH is 1. The molecule has 0 saturated heterocycles. The molecule has 0 bridgehead atoms. The highest BCUT2D eigenvalue weighted by Gasteiger charge is 2.59. The molecule has 0 aromatic carbocycles. The number of nitrogens with zero attached hydrogens (tertiary/aromatic N) is 1. The molecule has 4 saturated carbocycles. The Morgan fingerprint density at radius 3 is 2.52 bits per heavy atom. The van der Waals surface area contributed by atoms with Crippen LogP contribution in [-0.4, -0.2) is 21.9 Å². The molecule has 4 fully saturated rings. The number of nitriles is 1. The topological polar surface area (TPSA) is 64.2 Å². The highest BCUT2D eigenvalue weighted by atomic mass is 16.3. The van der Waals surface area contributed by atoms with Crippen LogP contribution in [0.3, 0.4) is 0 Å². The number of hydrogen-bond acceptors (Lipinski definition) is 3. The molecule has 33 heavy (non-hydrogen) atoms. The van der Waals surface area contributed by atoms with E-state index in [2.05, 4.69) is 39.8 Å². The van der Waals surface area contributed by atoms with E-state index in [9.17, 15) is 15.5 Å². The maximum Gasteiger partial charge on any atom is 0.0833 e. The number of aliphatic hydroxyl groups is 2. The second kappa shape index (κ2) is 8.09. The van der Waals surface area contributed by atoms with Crippen molar-refractivity contribution >= 4 is 0 Å². The summed E-state index contributed by atoms with van der Waals surface area (Å²) in [4.78, 5) is 0. The Bertz CT molecular complexity index is 839. The Balaban J connectivity index is 1.30. The average molecular weight is 454 g/mol. The molecular formula is C30H47NO2. The van der Waals surface area contributed by atoms with Gasteiger partial charge in [-0.25, -0.2) is 0 Å². The highest BCUT2D eigenvalue weighted by Crippen LogP contribution is 2.67. The maximum absolute atomic E-state index is 11.0. The van der Waals surface area contributed by atoms with Gasteiger partial charge in [-0.3, -0.25) is 0 Å². The minimum Gasteiger partial charge on any atom is -0.391 e. The number of hydrogen-bond donors (Lipinski definition) is 2. The van der Waals surface area contributed by atoms with E-state index in [0.29, 0.717) is 22.7 Å². The third kappa shape index (κ3) is 3.65. The smallest absolute Gasteiger partial charge is 0.0833 e. The fourth-order valence-electron chi connectivity index (χ4n) is 9.44. The lowest BCUT2D eigenvalue weighted by atomic mass is 9.47. The van der Waals surface area contributed by atoms with Crippen molar-refractivity contribution in [2.24, 2.45) is 45.8 Å². The SMILES string of the molecule is CC[C@]1(O)CC[C@]2(C)C3=CC[C@]4(C)[C@@H]([C@H](C)CC[C@@H](O)C5(C#N)CC5)CC[C@H]4[C@@H]3CC[C@H]2C1. The molecule has 5 aliphatic rings. The largest absolute Gasteiger partial charge is 0.391 e. The minimum absolute atomic E-state index is 0.301. The van der Waals surface area contributed by atoms with Crippen LogP contribution in [-0.2, 0) is 0 Å². The molecule has 0 aliphatic heterocycles. The predicted octanol–water partition coefficient (Wildman–Crippen LogP) is 6.79. The molecule has 0 aromatic rings. The second-order valence-corrected chi connectivity index (χ2v) is 13.6. The van der Waals surface area contributed by atoms with E-state index < -0.39 is 17.1 Å². The number of rotatable bonds is 6. The van der Waals surface area contributed by atoms with Crippen LogP contribution in [0.15, 0.2) is 11.6 Å². The van der Waals surface area contributed by atoms with Crippen LogP contribution in [0.4, 0.5) is 0 Å². The van der Waals surface area contributed by atoms with Crippen LogP contribution in [0.2, 0.25) is 0 Å². The molecule has 0 heterocycles. The third-order valence-electron chi connectivity index (χ3n) is 12.1. The van der Waals surface area contributed by atoms with Gasteiger partial charge in [0.15, 0.2) is 0 Å². The predicted molar refractivity (Wildman–Crippen MR) is 132 cm³/mol. The van der Waals surface area contributed by atoms with Crippen molar-refractivity contribution in [1.29, 1.82) is 5.26 Å². The van der Waals surface area contributed by atoms with Crippen molar-refractivity contribution < 1.29 is 10.2 Å². The molecule has 0 unspecified atom stereocenters. The molecule has 3 heteroatoms. The Morgan fingerprint density at radius 2 is 1.85 bits per heavy atom. The van der Waals surface area contributed by atoms with Gasteiger partial charge < -0.3 is 10.2 Å². The van der Waals surface area contributed by atoms with Gasteiger partial charge in [0.1, 0.15) is 0 Å². The molecule has 0 amide bonds. The van der Waals surface area contributed by atoms with E-state index in [1.54, 1.807) is 5.57 Å². The lowest BCUT2D eigenvalue weighted by molar-refractivity contribution is -0.0771. The van der Waals surface area contributed by atoms with E-state index in [1.807, 2.05) is 0 Å². The molecule has 184 valence electrons. The van der Waals surface area contributed by atoms with Gasteiger partial charge in [0.2, 0.25) is 0 Å². The van der Waals surface area contributed by atoms with E-state index in [1.165, 1.54) is 32.1 Å². The third-order valence-corrected chi connectivity index (χ3v) is 12.1. The van der Waals surface area contributed by atoms with Crippen LogP contribution in [0.25, 0.3) is 0 Å². The zero-order valence-electron chi connectivity index (χ0n) is 21.6. The summed E-state index contributed by atoms with van der Waals surface area (Å²) in [5, 5.41) is 31.1. The minimum atomic E-state index is -0.434. The van der Waals surface area contributed by atoms with E-state index in [0.717, 1.165) is 69.1 Å². The summed E-state index contributed by atoms with van der Waals surface area (Å²) in [5.41, 5.74) is 1.61. The van der Waals surface area contributed by atoms with E-state index >= 15 is 0 Å². The van der Waals surface area contributed by atoms with Gasteiger partial charge in [0.25, 0.3) is 0 Å². The van der Waals surface area contributed by atoms with Gasteiger partial charge in [-0.05, 0) is 124 Å². The normalized spacial score (nSPS) is 47.4. The van der Waals surface area contributed by atoms with Gasteiger partial charge in [0, 0.05) is 0 Å². The lowest BCUT2D eigenvalue weighted by Crippen LogP contribution is -2.51. The first-order valence-electron chi connectivity index (χ1n) is 14.1. The van der Waals surface area contributed by atoms with Crippen molar-refractivity contribution in [3.63, 3.8) is 0 Å². The van der Waals surface area contributed by atoms with Gasteiger partial charge in [0.05, 0.1) is 23.2 Å². The molecule has 0 aromatic heterocycles. The van der Waals surface area contributed by atoms with Gasteiger partial charge >= 0.3 is 0 Å². The van der Waals surface area contributed by atoms with Crippen LogP contribution >= 0.6 is 0 Å². The van der Waals surface area contributed by atoms with Crippen molar-refractivity contribution in [2.75, 3.05) is 0 Å². The number of allylic oxidation sites excluding steroid dienone is 2. The summed E-state index contributed by atoms with van der Waals surface area (Å²) in [6.07, 6.45) is 16.4. The molecule has 0 radical (unpaired) electrons. The van der Waals surface area contributed by atoms with Crippen molar-refractivity contribution in [2.45, 2.75) is 123 Å². The summed E-state index contributed by atoms with van der Waals surface area (Å²) >= 11 is 0. The number of fused-ring (bicyclic) bond motifs is 5. The standard InChI is InChI=1S/C30H47NO2/c1-5-30(33)17-14-27(3)21(18-30)7-8-22-24-10-9-23(28(24,4)13-12-25(22)27)20(2)6-11-26(32)29(19-31)15-16-29/h12,20-24,26,32-33H,5-11,13-18H2,1-4H3/t20-,21+,22+,23-,24+,26-,27+,28-,30+/m1/s1. The molecule has 0 spiro atoms. The van der Waals surface area contributed by atoms with Gasteiger partial charge in [-0.1, -0.05) is 39.3 Å². The fourth-order valence-corrected chi connectivity index (χ4v) is 9.44. The first-order valence-corrected chi connectivity index (χ1v) is 14.1. The Kier molecular flexibility index (Phi) is 5.85. The molecule has 2 N–H and O–H groups in total. The molecule has 5 rings (SSSR count). The van der Waals surface area contributed by atoms with Crippen LogP contribution in [0, 0.1) is 57.2 Å². The zero-order valence-corrected chi connectivity index (χ0v) is 21.6. The molecule has 9 atom stereocenters. The average Bonchev–Trinajstić information content (AvgIpc) is 3.53. The fraction of sp³-hybridized carbons (Fsp3) is 0.900. The highest BCUT2D eigenvalue weighted by molar-refractivity contribution is 5.29. The first-order chi connectivity index (χ1) is 15.6. The van der Waals surface area contributed by atoms with Crippen molar-refractivity contribution in [3.8, 4) is 6.07 Å². The Labute approximate surface area is 202 Å². The monoisotopic (exact) mass is 453 g/mol. The van der Waals surface area contributed by atoms with Gasteiger partial charge in [-0.15, -0.1) is 0 Å². The molecule has 3 nitrogen and oxygen atoms in total. The second-order valence-electron chi connectivity index (χ2n) is 13.6. The quantitative estimate of drug-likeness (QED) is 0.435. The van der Waals surface area contributed by atoms with Crippen LogP contribution in [0.1, 0.15) is 111 Å². The van der Waals surface area contributed by atoms with E-state index in [-0.39, 0.29) is 0 Å². The summed E-state index contributed by atoms with van der Waals surface area (Å²) in [6.45, 7) is 9.69. The maximum atomic E-state index is 11.0. The summed E-state index contributed by atoms with van der Waals surface area (Å²) < 4.78 is 0. The Morgan fingerprint density at radius 1 is 1.09 bits per heavy atom. The first kappa shape index (κ1) is 23.9. The van der Waals surface area contributed by atoms with Gasteiger partial charge in [-0.2, -0.15) is 5.26 Å². The summed E-state index contributed by atoms with van der Waals surface area (Å²) in [7, 11) is 0. The summed E-state index contributed by atoms with van der Waals surface area (Å²) in [6, 6.07) is 2.39. The molecule has 5 aliphatic carbocycles. The lowest BCUT2D eigenvalue weighted by Gasteiger charge is -2.58. The van der Waals surface area contributed by atoms with Crippen molar-refractivity contribution in [1.82, 2.24) is 0 Å². The van der Waals surface area contributed by atoms with Crippen LogP contribution < -0.4 is 0 Å². The van der Waals surface area contributed by atoms with Crippen molar-refractivity contribution in [3.05, 3.63) is 11.6 Å². The van der Waals surface area contributed by atoms with E-state index in [4.69, 9.17) is 0 Å². The molecular weight excluding hydrogens is 406 g/mol. The Hall–Kier alpha value is -0.850.